The molecule has 0 amide bonds. The van der Waals surface area contributed by atoms with Crippen molar-refractivity contribution in [1.29, 1.82) is 0 Å². The van der Waals surface area contributed by atoms with Crippen LogP contribution in [0.15, 0.2) is 60.7 Å². The lowest BCUT2D eigenvalue weighted by Gasteiger charge is -2.43. The van der Waals surface area contributed by atoms with Gasteiger partial charge in [-0.25, -0.2) is 4.79 Å². The van der Waals surface area contributed by atoms with E-state index in [9.17, 15) is 14.4 Å². The summed E-state index contributed by atoms with van der Waals surface area (Å²) in [6, 6.07) is 21.1. The van der Waals surface area contributed by atoms with Crippen LogP contribution in [0.5, 0.6) is 0 Å². The van der Waals surface area contributed by atoms with E-state index in [-0.39, 0.29) is 31.1 Å². The molecular formula is C35H52O12Si. The lowest BCUT2D eigenvalue weighted by Crippen LogP contribution is -2.66. The average Bonchev–Trinajstić information content (AvgIpc) is 3.07. The number of ketones is 1. The topological polar surface area (TPSA) is 145 Å². The molecule has 0 saturated carbocycles. The quantitative estimate of drug-likeness (QED) is 0.0606. The summed E-state index contributed by atoms with van der Waals surface area (Å²) in [5.74, 6) is -3.23. The third-order valence-electron chi connectivity index (χ3n) is 7.11. The average molecular weight is 693 g/mol. The fraction of sp³-hybridized carbons (Fsp3) is 0.571. The number of rotatable bonds is 28. The standard InChI is InChI=1S/C35H52O12Si/c1-35(2,3)48(30-10-6-4-7-11-30,31-12-8-5-9-13-31)47-29-27-45-25-23-43-21-19-41-17-16-40-18-20-42-22-24-44-26-28-46-33(37)15-14-32(36)34(38)39/h4-13H,14-29H2,1-3H3,(H,38,39). The van der Waals surface area contributed by atoms with Crippen LogP contribution in [0.25, 0.3) is 0 Å². The molecular weight excluding hydrogens is 640 g/mol. The maximum atomic E-state index is 11.4. The monoisotopic (exact) mass is 692 g/mol. The molecule has 2 aromatic carbocycles. The Hall–Kier alpha value is -3.01. The maximum Gasteiger partial charge on any atom is 0.372 e. The molecule has 2 aromatic rings. The van der Waals surface area contributed by atoms with Gasteiger partial charge in [-0.15, -0.1) is 0 Å². The SMILES string of the molecule is CC(C)(C)[Si](OCCOCCOCCOCCOCCOCCOCCOC(=O)CCC(=O)C(=O)O)(c1ccccc1)c1ccccc1. The predicted molar refractivity (Wildman–Crippen MR) is 181 cm³/mol. The number of benzene rings is 2. The first kappa shape index (κ1) is 41.2. The zero-order valence-electron chi connectivity index (χ0n) is 28.5. The van der Waals surface area contributed by atoms with Crippen molar-refractivity contribution in [2.75, 3.05) is 92.5 Å². The lowest BCUT2D eigenvalue weighted by atomic mass is 10.2. The molecule has 0 fully saturated rings. The second kappa shape index (κ2) is 24.2. The molecule has 0 aliphatic rings. The first-order valence-corrected chi connectivity index (χ1v) is 18.2. The van der Waals surface area contributed by atoms with Gasteiger partial charge in [0.05, 0.1) is 92.3 Å². The van der Waals surface area contributed by atoms with Gasteiger partial charge in [0, 0.05) is 6.42 Å². The Balaban J connectivity index is 1.41. The van der Waals surface area contributed by atoms with Crippen molar-refractivity contribution in [2.24, 2.45) is 0 Å². The van der Waals surface area contributed by atoms with Gasteiger partial charge in [-0.3, -0.25) is 9.59 Å². The Morgan fingerprint density at radius 2 is 0.896 bits per heavy atom. The summed E-state index contributed by atoms with van der Waals surface area (Å²) < 4.78 is 44.8. The van der Waals surface area contributed by atoms with E-state index in [0.29, 0.717) is 79.3 Å². The molecule has 48 heavy (non-hydrogen) atoms. The van der Waals surface area contributed by atoms with E-state index in [1.54, 1.807) is 0 Å². The predicted octanol–water partition coefficient (Wildman–Crippen LogP) is 2.64. The minimum Gasteiger partial charge on any atom is -0.476 e. The van der Waals surface area contributed by atoms with Gasteiger partial charge in [0.25, 0.3) is 8.32 Å². The molecule has 0 unspecified atom stereocenters. The van der Waals surface area contributed by atoms with Crippen LogP contribution in [-0.2, 0) is 52.0 Å². The summed E-state index contributed by atoms with van der Waals surface area (Å²) in [6.07, 6.45) is -0.656. The normalized spacial score (nSPS) is 11.8. The van der Waals surface area contributed by atoms with E-state index < -0.39 is 26.0 Å². The van der Waals surface area contributed by atoms with Crippen LogP contribution in [0.2, 0.25) is 5.04 Å². The van der Waals surface area contributed by atoms with Gasteiger partial charge in [0.1, 0.15) is 6.61 Å². The van der Waals surface area contributed by atoms with Gasteiger partial charge in [-0.05, 0) is 15.4 Å². The van der Waals surface area contributed by atoms with E-state index in [1.807, 2.05) is 12.1 Å². The number of ether oxygens (including phenoxy) is 7. The summed E-state index contributed by atoms with van der Waals surface area (Å²) in [5.41, 5.74) is 0. The third-order valence-corrected chi connectivity index (χ3v) is 12.2. The Kier molecular flexibility index (Phi) is 20.7. The molecule has 2 rings (SSSR count). The van der Waals surface area contributed by atoms with Crippen molar-refractivity contribution < 1.29 is 57.1 Å². The molecule has 0 saturated heterocycles. The molecule has 0 spiro atoms. The van der Waals surface area contributed by atoms with E-state index >= 15 is 0 Å². The van der Waals surface area contributed by atoms with Crippen LogP contribution in [0, 0.1) is 0 Å². The summed E-state index contributed by atoms with van der Waals surface area (Å²) >= 11 is 0. The molecule has 13 heteroatoms. The Morgan fingerprint density at radius 1 is 0.542 bits per heavy atom. The number of esters is 1. The summed E-state index contributed by atoms with van der Waals surface area (Å²) in [7, 11) is -2.55. The smallest absolute Gasteiger partial charge is 0.372 e. The summed E-state index contributed by atoms with van der Waals surface area (Å²) in [6.45, 7) is 12.2. The fourth-order valence-corrected chi connectivity index (χ4v) is 9.37. The molecule has 0 radical (unpaired) electrons. The number of Topliss-reactive ketones (excluding diaryl/α,β-unsaturated/α-hetero) is 1. The van der Waals surface area contributed by atoms with Gasteiger partial charge in [-0.1, -0.05) is 81.4 Å². The molecule has 268 valence electrons. The molecule has 1 N–H and O–H groups in total. The van der Waals surface area contributed by atoms with E-state index in [0.717, 1.165) is 0 Å². The molecule has 0 aliphatic carbocycles. The number of carbonyl (C=O) groups excluding carboxylic acids is 2. The maximum absolute atomic E-state index is 11.4. The number of hydrogen-bond donors (Lipinski definition) is 1. The number of carbonyl (C=O) groups is 3. The molecule has 0 bridgehead atoms. The highest BCUT2D eigenvalue weighted by molar-refractivity contribution is 6.99. The van der Waals surface area contributed by atoms with Gasteiger partial charge in [0.2, 0.25) is 5.78 Å². The first-order chi connectivity index (χ1) is 23.2. The highest BCUT2D eigenvalue weighted by atomic mass is 28.4. The highest BCUT2D eigenvalue weighted by Gasteiger charge is 2.50. The van der Waals surface area contributed by atoms with E-state index in [1.165, 1.54) is 10.4 Å². The fourth-order valence-electron chi connectivity index (χ4n) is 4.83. The van der Waals surface area contributed by atoms with Crippen molar-refractivity contribution in [3.8, 4) is 0 Å². The van der Waals surface area contributed by atoms with Gasteiger partial charge >= 0.3 is 11.9 Å². The molecule has 0 atom stereocenters. The van der Waals surface area contributed by atoms with Crippen LogP contribution < -0.4 is 10.4 Å². The summed E-state index contributed by atoms with van der Waals surface area (Å²) in [5, 5.41) is 10.9. The van der Waals surface area contributed by atoms with Crippen molar-refractivity contribution in [3.05, 3.63) is 60.7 Å². The first-order valence-electron chi connectivity index (χ1n) is 16.3. The summed E-state index contributed by atoms with van der Waals surface area (Å²) in [4.78, 5) is 32.7. The Morgan fingerprint density at radius 3 is 1.25 bits per heavy atom. The second-order valence-electron chi connectivity index (χ2n) is 11.6. The Bertz CT molecular complexity index is 1120. The number of carboxylic acid groups (broad SMARTS) is 1. The zero-order valence-corrected chi connectivity index (χ0v) is 29.5. The number of hydrogen-bond acceptors (Lipinski definition) is 11. The third kappa shape index (κ3) is 15.9. The minimum absolute atomic E-state index is 0.0160. The molecule has 0 aromatic heterocycles. The number of carboxylic acids is 1. The molecule has 0 heterocycles. The minimum atomic E-state index is -2.55. The van der Waals surface area contributed by atoms with E-state index in [4.69, 9.17) is 42.7 Å². The van der Waals surface area contributed by atoms with Crippen molar-refractivity contribution >= 4 is 36.4 Å². The van der Waals surface area contributed by atoms with Crippen LogP contribution in [0.4, 0.5) is 0 Å². The largest absolute Gasteiger partial charge is 0.476 e. The van der Waals surface area contributed by atoms with Crippen molar-refractivity contribution in [1.82, 2.24) is 0 Å². The van der Waals surface area contributed by atoms with Crippen LogP contribution in [0.3, 0.4) is 0 Å². The van der Waals surface area contributed by atoms with Crippen LogP contribution >= 0.6 is 0 Å². The highest BCUT2D eigenvalue weighted by Crippen LogP contribution is 2.36. The lowest BCUT2D eigenvalue weighted by molar-refractivity contribution is -0.151. The number of aliphatic carboxylic acids is 1. The molecule has 0 aliphatic heterocycles. The van der Waals surface area contributed by atoms with E-state index in [2.05, 4.69) is 69.3 Å². The van der Waals surface area contributed by atoms with Crippen molar-refractivity contribution in [2.45, 2.75) is 38.7 Å². The zero-order chi connectivity index (χ0) is 34.9. The van der Waals surface area contributed by atoms with Gasteiger partial charge in [0.15, 0.2) is 0 Å². The van der Waals surface area contributed by atoms with Crippen LogP contribution in [0.1, 0.15) is 33.6 Å². The second-order valence-corrected chi connectivity index (χ2v) is 15.9. The molecule has 12 nitrogen and oxygen atoms in total. The van der Waals surface area contributed by atoms with Crippen LogP contribution in [-0.4, -0.2) is 124 Å². The van der Waals surface area contributed by atoms with Crippen molar-refractivity contribution in [3.63, 3.8) is 0 Å². The van der Waals surface area contributed by atoms with Gasteiger partial charge < -0.3 is 42.7 Å². The Labute approximate surface area is 285 Å². The van der Waals surface area contributed by atoms with Gasteiger partial charge in [-0.2, -0.15) is 0 Å².